The van der Waals surface area contributed by atoms with Gasteiger partial charge in [0.15, 0.2) is 0 Å². The van der Waals surface area contributed by atoms with Crippen LogP contribution in [0.1, 0.15) is 48.6 Å². The van der Waals surface area contributed by atoms with Gasteiger partial charge in [0.25, 0.3) is 0 Å². The number of hydrogen-bond acceptors (Lipinski definition) is 7. The highest BCUT2D eigenvalue weighted by Gasteiger charge is 2.40. The molecule has 4 aromatic rings. The minimum Gasteiger partial charge on any atom is -0.406 e. The zero-order valence-electron chi connectivity index (χ0n) is 23.1. The fourth-order valence-electron chi connectivity index (χ4n) is 6.07. The minimum absolute atomic E-state index is 0.191. The second-order valence-corrected chi connectivity index (χ2v) is 12.6. The van der Waals surface area contributed by atoms with Crippen molar-refractivity contribution in [2.24, 2.45) is 0 Å². The van der Waals surface area contributed by atoms with Crippen LogP contribution >= 0.6 is 0 Å². The number of halogens is 3. The molecule has 0 radical (unpaired) electrons. The average molecular weight is 604 g/mol. The number of fused-ring (bicyclic) bond motifs is 1. The Morgan fingerprint density at radius 1 is 1.07 bits per heavy atom. The Morgan fingerprint density at radius 2 is 1.81 bits per heavy atom. The molecule has 0 N–H and O–H groups in total. The van der Waals surface area contributed by atoms with Crippen molar-refractivity contribution >= 4 is 32.7 Å². The number of ether oxygens (including phenoxy) is 1. The lowest BCUT2D eigenvalue weighted by molar-refractivity contribution is -0.274. The average Bonchev–Trinajstić information content (AvgIpc) is 3.68. The maximum absolute atomic E-state index is 13.2. The molecule has 6 rings (SSSR count). The number of alkyl halides is 3. The zero-order valence-corrected chi connectivity index (χ0v) is 23.9. The second-order valence-electron chi connectivity index (χ2n) is 10.7. The highest BCUT2D eigenvalue weighted by molar-refractivity contribution is 7.88. The lowest BCUT2D eigenvalue weighted by Gasteiger charge is -2.27. The van der Waals surface area contributed by atoms with Gasteiger partial charge in [0.05, 0.1) is 35.1 Å². The molecular formula is C28H28F3N5O5S. The number of aromatic nitrogens is 3. The monoisotopic (exact) mass is 603 g/mol. The lowest BCUT2D eigenvalue weighted by atomic mass is 10.0. The summed E-state index contributed by atoms with van der Waals surface area (Å²) in [5.74, 6) is 0.670. The molecule has 2 aromatic heterocycles. The van der Waals surface area contributed by atoms with Gasteiger partial charge in [-0.15, -0.1) is 13.2 Å². The minimum atomic E-state index is -4.83. The van der Waals surface area contributed by atoms with Crippen molar-refractivity contribution in [1.82, 2.24) is 19.0 Å². The highest BCUT2D eigenvalue weighted by Crippen LogP contribution is 2.42. The van der Waals surface area contributed by atoms with Crippen LogP contribution in [0.4, 0.5) is 18.9 Å². The van der Waals surface area contributed by atoms with Crippen molar-refractivity contribution in [3.05, 3.63) is 59.7 Å². The third-order valence-electron chi connectivity index (χ3n) is 7.86. The van der Waals surface area contributed by atoms with Gasteiger partial charge >= 0.3 is 6.36 Å². The highest BCUT2D eigenvalue weighted by atomic mass is 32.2. The van der Waals surface area contributed by atoms with E-state index in [1.54, 1.807) is 4.90 Å². The van der Waals surface area contributed by atoms with E-state index in [0.29, 0.717) is 42.2 Å². The Morgan fingerprint density at radius 3 is 2.43 bits per heavy atom. The summed E-state index contributed by atoms with van der Waals surface area (Å²) in [6.45, 7) is 4.29. The summed E-state index contributed by atoms with van der Waals surface area (Å²) in [6.07, 6.45) is -2.44. The largest absolute Gasteiger partial charge is 0.573 e. The molecule has 2 aliphatic rings. The number of anilines is 1. The molecule has 0 saturated carbocycles. The second kappa shape index (κ2) is 10.1. The number of hydrogen-bond donors (Lipinski definition) is 0. The van der Waals surface area contributed by atoms with E-state index in [1.165, 1.54) is 34.8 Å². The van der Waals surface area contributed by atoms with Gasteiger partial charge < -0.3 is 18.7 Å². The molecule has 42 heavy (non-hydrogen) atoms. The van der Waals surface area contributed by atoms with E-state index >= 15 is 0 Å². The Labute approximate surface area is 239 Å². The zero-order chi connectivity index (χ0) is 30.0. The molecule has 2 fully saturated rings. The number of amides is 1. The first-order valence-electron chi connectivity index (χ1n) is 13.4. The quantitative estimate of drug-likeness (QED) is 0.295. The molecule has 10 nitrogen and oxygen atoms in total. The van der Waals surface area contributed by atoms with Crippen LogP contribution in [-0.4, -0.2) is 59.0 Å². The van der Waals surface area contributed by atoms with Crippen molar-refractivity contribution in [2.45, 2.75) is 51.6 Å². The van der Waals surface area contributed by atoms with Gasteiger partial charge in [-0.3, -0.25) is 4.79 Å². The van der Waals surface area contributed by atoms with E-state index in [9.17, 15) is 26.4 Å². The van der Waals surface area contributed by atoms with Crippen LogP contribution in [0.25, 0.3) is 22.2 Å². The van der Waals surface area contributed by atoms with Gasteiger partial charge in [-0.2, -0.15) is 0 Å². The molecule has 2 aliphatic heterocycles. The molecule has 14 heteroatoms. The number of aryl methyl sites for hydroxylation is 2. The first-order valence-corrected chi connectivity index (χ1v) is 15.2. The van der Waals surface area contributed by atoms with E-state index in [2.05, 4.69) is 9.89 Å². The Hall–Kier alpha value is -3.91. The molecule has 1 unspecified atom stereocenters. The van der Waals surface area contributed by atoms with Gasteiger partial charge in [-0.1, -0.05) is 11.2 Å². The van der Waals surface area contributed by atoms with Crippen molar-refractivity contribution in [2.75, 3.05) is 24.2 Å². The summed E-state index contributed by atoms with van der Waals surface area (Å²) < 4.78 is 75.6. The van der Waals surface area contributed by atoms with E-state index in [-0.39, 0.29) is 30.7 Å². The summed E-state index contributed by atoms with van der Waals surface area (Å²) in [6, 6.07) is 10.2. The normalized spacial score (nSPS) is 20.2. The van der Waals surface area contributed by atoms with Crippen molar-refractivity contribution in [3.63, 3.8) is 0 Å². The van der Waals surface area contributed by atoms with Crippen LogP contribution in [0.3, 0.4) is 0 Å². The van der Waals surface area contributed by atoms with Crippen LogP contribution in [0, 0.1) is 13.8 Å². The summed E-state index contributed by atoms with van der Waals surface area (Å²) in [5.41, 5.74) is 4.31. The van der Waals surface area contributed by atoms with E-state index in [4.69, 9.17) is 9.51 Å². The smallest absolute Gasteiger partial charge is 0.406 e. The third-order valence-corrected chi connectivity index (χ3v) is 9.13. The van der Waals surface area contributed by atoms with Crippen LogP contribution in [-0.2, 0) is 14.8 Å². The van der Waals surface area contributed by atoms with Gasteiger partial charge in [0.1, 0.15) is 17.3 Å². The third kappa shape index (κ3) is 5.13. The molecule has 2 aromatic carbocycles. The standard InChI is InChI=1S/C28H28F3N5O5S/c1-16-26(17(2)41-33-16)18-4-9-23-22(14-18)32-27(36(23)20-12-13-34(15-20)42(3,38)39)24-10-11-25(37)35(24)19-5-7-21(8-6-19)40-28(29,30)31/h4-9,14,20,24H,10-13,15H2,1-3H3/t20-,24?/m1/s1. The Balaban J connectivity index is 1.45. The molecule has 2 atom stereocenters. The number of carbonyl (C=O) groups excluding carboxylic acids is 1. The fraction of sp³-hybridized carbons (Fsp3) is 0.393. The summed E-state index contributed by atoms with van der Waals surface area (Å²) in [7, 11) is -3.41. The van der Waals surface area contributed by atoms with Crippen LogP contribution in [0.5, 0.6) is 5.75 Å². The number of sulfonamides is 1. The molecule has 1 amide bonds. The summed E-state index contributed by atoms with van der Waals surface area (Å²) in [4.78, 5) is 19.7. The molecule has 0 spiro atoms. The molecule has 2 saturated heterocycles. The van der Waals surface area contributed by atoms with Gasteiger partial charge in [0.2, 0.25) is 15.9 Å². The summed E-state index contributed by atoms with van der Waals surface area (Å²) in [5, 5.41) is 4.05. The first-order chi connectivity index (χ1) is 19.8. The fourth-order valence-corrected chi connectivity index (χ4v) is 6.95. The Kier molecular flexibility index (Phi) is 6.80. The lowest BCUT2D eigenvalue weighted by Crippen LogP contribution is -2.31. The predicted molar refractivity (Wildman–Crippen MR) is 147 cm³/mol. The van der Waals surface area contributed by atoms with Gasteiger partial charge in [0, 0.05) is 30.8 Å². The van der Waals surface area contributed by atoms with Gasteiger partial charge in [-0.05, 0) is 68.7 Å². The van der Waals surface area contributed by atoms with Crippen LogP contribution < -0.4 is 9.64 Å². The molecular weight excluding hydrogens is 575 g/mol. The molecule has 4 heterocycles. The number of imidazole rings is 1. The molecule has 0 bridgehead atoms. The van der Waals surface area contributed by atoms with Crippen molar-refractivity contribution in [1.29, 1.82) is 0 Å². The molecule has 0 aliphatic carbocycles. The maximum Gasteiger partial charge on any atom is 0.573 e. The first kappa shape index (κ1) is 28.2. The molecule has 222 valence electrons. The van der Waals surface area contributed by atoms with Gasteiger partial charge in [-0.25, -0.2) is 17.7 Å². The summed E-state index contributed by atoms with van der Waals surface area (Å²) >= 11 is 0. The number of carbonyl (C=O) groups is 1. The van der Waals surface area contributed by atoms with E-state index in [1.807, 2.05) is 36.6 Å². The number of benzene rings is 2. The SMILES string of the molecule is Cc1noc(C)c1-c1ccc2c(c1)nc(C1CCC(=O)N1c1ccc(OC(F)(F)F)cc1)n2[C@@H]1CCN(S(C)(=O)=O)C1. The van der Waals surface area contributed by atoms with E-state index in [0.717, 1.165) is 22.3 Å². The van der Waals surface area contributed by atoms with Crippen LogP contribution in [0.2, 0.25) is 0 Å². The predicted octanol–water partition coefficient (Wildman–Crippen LogP) is 5.28. The Bertz CT molecular complexity index is 1760. The topological polar surface area (TPSA) is 111 Å². The van der Waals surface area contributed by atoms with Crippen LogP contribution in [0.15, 0.2) is 47.0 Å². The number of nitrogens with zero attached hydrogens (tertiary/aromatic N) is 5. The number of rotatable bonds is 6. The van der Waals surface area contributed by atoms with Crippen molar-refractivity contribution < 1.29 is 35.6 Å². The van der Waals surface area contributed by atoms with E-state index < -0.39 is 22.4 Å². The van der Waals surface area contributed by atoms with Crippen molar-refractivity contribution in [3.8, 4) is 16.9 Å². The maximum atomic E-state index is 13.2.